The van der Waals surface area contributed by atoms with Crippen molar-refractivity contribution >= 4 is 19.9 Å². The number of aromatic nitrogens is 2. The second-order valence-electron chi connectivity index (χ2n) is 7.07. The number of carbonyl (C=O) groups excluding carboxylic acids is 2. The zero-order chi connectivity index (χ0) is 17.1. The fourth-order valence-corrected chi connectivity index (χ4v) is 2.77. The normalized spacial score (nSPS) is 12.3. The average molecular weight is 322 g/mol. The fraction of sp³-hybridized carbons (Fsp3) is 0.625. The van der Waals surface area contributed by atoms with Crippen LogP contribution in [0.1, 0.15) is 61.2 Å². The SMILES string of the molecule is CC(=O)c1cc(CCO[Si](C)(C)C(C)(C)C)c(C(C)=O)nn1. The molecule has 22 heavy (non-hydrogen) atoms. The minimum atomic E-state index is -1.83. The summed E-state index contributed by atoms with van der Waals surface area (Å²) in [5, 5.41) is 7.84. The first-order chi connectivity index (χ1) is 9.95. The molecule has 1 heterocycles. The summed E-state index contributed by atoms with van der Waals surface area (Å²) in [4.78, 5) is 23.1. The van der Waals surface area contributed by atoms with Crippen molar-refractivity contribution in [3.8, 4) is 0 Å². The minimum absolute atomic E-state index is 0.136. The summed E-state index contributed by atoms with van der Waals surface area (Å²) >= 11 is 0. The molecule has 0 bridgehead atoms. The van der Waals surface area contributed by atoms with Gasteiger partial charge in [-0.2, -0.15) is 0 Å². The third-order valence-electron chi connectivity index (χ3n) is 4.21. The second kappa shape index (κ2) is 6.79. The van der Waals surface area contributed by atoms with Gasteiger partial charge in [-0.25, -0.2) is 0 Å². The molecule has 0 unspecified atom stereocenters. The Labute approximate surface area is 133 Å². The largest absolute Gasteiger partial charge is 0.416 e. The lowest BCUT2D eigenvalue weighted by Crippen LogP contribution is -2.41. The van der Waals surface area contributed by atoms with Crippen LogP contribution in [0.15, 0.2) is 6.07 Å². The molecule has 0 saturated carbocycles. The van der Waals surface area contributed by atoms with E-state index in [0.717, 1.165) is 5.56 Å². The van der Waals surface area contributed by atoms with E-state index < -0.39 is 8.32 Å². The van der Waals surface area contributed by atoms with Crippen molar-refractivity contribution in [2.75, 3.05) is 6.61 Å². The number of nitrogens with zero attached hydrogens (tertiary/aromatic N) is 2. The predicted octanol–water partition coefficient (Wildman–Crippen LogP) is 3.45. The second-order valence-corrected chi connectivity index (χ2v) is 11.9. The van der Waals surface area contributed by atoms with Crippen LogP contribution in [-0.2, 0) is 10.8 Å². The molecule has 1 rings (SSSR count). The van der Waals surface area contributed by atoms with Crippen LogP contribution in [0.3, 0.4) is 0 Å². The van der Waals surface area contributed by atoms with Crippen LogP contribution >= 0.6 is 0 Å². The Balaban J connectivity index is 2.90. The Morgan fingerprint density at radius 1 is 1.14 bits per heavy atom. The zero-order valence-electron chi connectivity index (χ0n) is 14.6. The summed E-state index contributed by atoms with van der Waals surface area (Å²) in [5.41, 5.74) is 1.34. The Morgan fingerprint density at radius 3 is 2.18 bits per heavy atom. The van der Waals surface area contributed by atoms with Crippen molar-refractivity contribution in [3.05, 3.63) is 23.0 Å². The van der Waals surface area contributed by atoms with Gasteiger partial charge in [0.05, 0.1) is 0 Å². The molecule has 0 spiro atoms. The maximum absolute atomic E-state index is 11.6. The van der Waals surface area contributed by atoms with Crippen molar-refractivity contribution in [1.82, 2.24) is 10.2 Å². The van der Waals surface area contributed by atoms with Crippen molar-refractivity contribution in [2.24, 2.45) is 0 Å². The number of Topliss-reactive ketones (excluding diaryl/α,β-unsaturated/α-hetero) is 2. The lowest BCUT2D eigenvalue weighted by molar-refractivity contribution is 0.0991. The highest BCUT2D eigenvalue weighted by atomic mass is 28.4. The Kier molecular flexibility index (Phi) is 5.75. The van der Waals surface area contributed by atoms with Gasteiger partial charge in [0.25, 0.3) is 0 Å². The van der Waals surface area contributed by atoms with E-state index in [1.807, 2.05) is 0 Å². The van der Waals surface area contributed by atoms with E-state index >= 15 is 0 Å². The third kappa shape index (κ3) is 4.54. The molecule has 0 atom stereocenters. The summed E-state index contributed by atoms with van der Waals surface area (Å²) in [6.45, 7) is 14.3. The highest BCUT2D eigenvalue weighted by Gasteiger charge is 2.36. The van der Waals surface area contributed by atoms with Gasteiger partial charge in [0.2, 0.25) is 0 Å². The van der Waals surface area contributed by atoms with E-state index in [1.165, 1.54) is 13.8 Å². The topological polar surface area (TPSA) is 69.2 Å². The summed E-state index contributed by atoms with van der Waals surface area (Å²) in [5.74, 6) is -0.306. The van der Waals surface area contributed by atoms with E-state index in [9.17, 15) is 9.59 Å². The molecule has 0 saturated heterocycles. The Bertz CT molecular complexity index is 577. The van der Waals surface area contributed by atoms with Crippen LogP contribution in [0.2, 0.25) is 18.1 Å². The molecule has 5 nitrogen and oxygen atoms in total. The molecule has 122 valence electrons. The quantitative estimate of drug-likeness (QED) is 0.592. The summed E-state index contributed by atoms with van der Waals surface area (Å²) in [6, 6.07) is 1.65. The fourth-order valence-electron chi connectivity index (χ4n) is 1.72. The van der Waals surface area contributed by atoms with Crippen molar-refractivity contribution in [3.63, 3.8) is 0 Å². The highest BCUT2D eigenvalue weighted by Crippen LogP contribution is 2.36. The molecule has 1 aromatic heterocycles. The monoisotopic (exact) mass is 322 g/mol. The van der Waals surface area contributed by atoms with Gasteiger partial charge in [-0.1, -0.05) is 20.8 Å². The number of hydrogen-bond acceptors (Lipinski definition) is 5. The molecule has 0 aliphatic heterocycles. The van der Waals surface area contributed by atoms with Gasteiger partial charge in [-0.15, -0.1) is 10.2 Å². The van der Waals surface area contributed by atoms with Gasteiger partial charge < -0.3 is 4.43 Å². The van der Waals surface area contributed by atoms with Gasteiger partial charge >= 0.3 is 0 Å². The first-order valence-corrected chi connectivity index (χ1v) is 10.4. The van der Waals surface area contributed by atoms with E-state index in [4.69, 9.17) is 4.43 Å². The molecule has 0 aliphatic rings. The van der Waals surface area contributed by atoms with Gasteiger partial charge in [0, 0.05) is 20.5 Å². The molecule has 1 aromatic rings. The minimum Gasteiger partial charge on any atom is -0.416 e. The van der Waals surface area contributed by atoms with Crippen molar-refractivity contribution in [2.45, 2.75) is 59.2 Å². The van der Waals surface area contributed by atoms with Crippen LogP contribution in [0.5, 0.6) is 0 Å². The number of hydrogen-bond donors (Lipinski definition) is 0. The van der Waals surface area contributed by atoms with Crippen LogP contribution in [0, 0.1) is 0 Å². The van der Waals surface area contributed by atoms with Crippen LogP contribution in [-0.4, -0.2) is 36.7 Å². The number of ketones is 2. The van der Waals surface area contributed by atoms with Gasteiger partial charge in [0.15, 0.2) is 19.9 Å². The predicted molar refractivity (Wildman–Crippen MR) is 88.9 cm³/mol. The number of carbonyl (C=O) groups is 2. The molecule has 0 amide bonds. The zero-order valence-corrected chi connectivity index (χ0v) is 15.6. The smallest absolute Gasteiger partial charge is 0.191 e. The highest BCUT2D eigenvalue weighted by molar-refractivity contribution is 6.74. The molecule has 0 aromatic carbocycles. The molecular formula is C16H26N2O3Si. The molecule has 0 radical (unpaired) electrons. The Hall–Kier alpha value is -1.40. The summed E-state index contributed by atoms with van der Waals surface area (Å²) in [7, 11) is -1.83. The van der Waals surface area contributed by atoms with E-state index in [-0.39, 0.29) is 22.3 Å². The molecule has 0 aliphatic carbocycles. The average Bonchev–Trinajstić information content (AvgIpc) is 2.36. The first-order valence-electron chi connectivity index (χ1n) is 7.48. The summed E-state index contributed by atoms with van der Waals surface area (Å²) in [6.07, 6.45) is 0.553. The van der Waals surface area contributed by atoms with Crippen LogP contribution in [0.25, 0.3) is 0 Å². The van der Waals surface area contributed by atoms with Crippen LogP contribution in [0.4, 0.5) is 0 Å². The van der Waals surface area contributed by atoms with Gasteiger partial charge in [-0.05, 0) is 36.2 Å². The van der Waals surface area contributed by atoms with E-state index in [1.54, 1.807) is 6.07 Å². The lowest BCUT2D eigenvalue weighted by Gasteiger charge is -2.36. The first kappa shape index (κ1) is 18.6. The third-order valence-corrected chi connectivity index (χ3v) is 8.75. The maximum atomic E-state index is 11.6. The van der Waals surface area contributed by atoms with Gasteiger partial charge in [0.1, 0.15) is 11.4 Å². The number of rotatable bonds is 6. The van der Waals surface area contributed by atoms with E-state index in [2.05, 4.69) is 44.1 Å². The standard InChI is InChI=1S/C16H26N2O3Si/c1-11(19)14-10-13(15(12(2)20)18-17-14)8-9-21-22(6,7)16(3,4)5/h10H,8-9H2,1-7H3. The Morgan fingerprint density at radius 2 is 1.73 bits per heavy atom. The molecule has 0 fully saturated rings. The molecular weight excluding hydrogens is 296 g/mol. The summed E-state index contributed by atoms with van der Waals surface area (Å²) < 4.78 is 6.13. The maximum Gasteiger partial charge on any atom is 0.191 e. The van der Waals surface area contributed by atoms with Gasteiger partial charge in [-0.3, -0.25) is 9.59 Å². The van der Waals surface area contributed by atoms with E-state index in [0.29, 0.717) is 18.7 Å². The van der Waals surface area contributed by atoms with Crippen LogP contribution < -0.4 is 0 Å². The van der Waals surface area contributed by atoms with Crippen molar-refractivity contribution in [1.29, 1.82) is 0 Å². The lowest BCUT2D eigenvalue weighted by atomic mass is 10.1. The molecule has 6 heteroatoms. The van der Waals surface area contributed by atoms with Crippen molar-refractivity contribution < 1.29 is 14.0 Å². The molecule has 0 N–H and O–H groups in total.